The molecule has 4 N–H and O–H groups in total. The van der Waals surface area contributed by atoms with Crippen molar-refractivity contribution in [3.63, 3.8) is 0 Å². The van der Waals surface area contributed by atoms with Gasteiger partial charge in [0, 0.05) is 38.9 Å². The van der Waals surface area contributed by atoms with Gasteiger partial charge in [-0.3, -0.25) is 4.79 Å². The third-order valence-corrected chi connectivity index (χ3v) is 4.90. The molecule has 2 amide bonds. The quantitative estimate of drug-likeness (QED) is 0.512. The van der Waals surface area contributed by atoms with Crippen LogP contribution in [0.1, 0.15) is 24.8 Å². The minimum Gasteiger partial charge on any atom is -0.443 e. The molecule has 0 saturated carbocycles. The van der Waals surface area contributed by atoms with Gasteiger partial charge in [0.2, 0.25) is 5.91 Å². The Morgan fingerprint density at radius 2 is 2.00 bits per heavy atom. The Hall–Kier alpha value is -2.88. The zero-order valence-corrected chi connectivity index (χ0v) is 16.8. The van der Waals surface area contributed by atoms with Gasteiger partial charge in [-0.25, -0.2) is 9.18 Å². The van der Waals surface area contributed by atoms with Gasteiger partial charge in [-0.1, -0.05) is 12.1 Å². The maximum absolute atomic E-state index is 14.9. The molecule has 0 bridgehead atoms. The minimum absolute atomic E-state index is 0.0427. The van der Waals surface area contributed by atoms with Crippen LogP contribution in [-0.4, -0.2) is 62.8 Å². The van der Waals surface area contributed by atoms with Crippen molar-refractivity contribution >= 4 is 23.6 Å². The molecule has 9 nitrogen and oxygen atoms in total. The van der Waals surface area contributed by atoms with Crippen molar-refractivity contribution < 1.29 is 23.5 Å². The zero-order chi connectivity index (χ0) is 21.4. The molecule has 1 aromatic carbocycles. The highest BCUT2D eigenvalue weighted by atomic mass is 19.1. The lowest BCUT2D eigenvalue weighted by Crippen LogP contribution is -2.46. The number of guanidine groups is 1. The molecule has 1 fully saturated rings. The van der Waals surface area contributed by atoms with E-state index in [0.717, 1.165) is 12.8 Å². The molecular weight excluding hydrogens is 381 g/mol. The summed E-state index contributed by atoms with van der Waals surface area (Å²) in [4.78, 5) is 30.5. The van der Waals surface area contributed by atoms with Crippen LogP contribution < -0.4 is 16.4 Å². The van der Waals surface area contributed by atoms with Crippen LogP contribution in [0, 0.1) is 5.82 Å². The minimum atomic E-state index is -0.975. The van der Waals surface area contributed by atoms with Crippen molar-refractivity contribution in [3.8, 4) is 0 Å². The van der Waals surface area contributed by atoms with E-state index >= 15 is 0 Å². The summed E-state index contributed by atoms with van der Waals surface area (Å²) in [6.07, 6.45) is 0.843. The van der Waals surface area contributed by atoms with E-state index in [2.05, 4.69) is 4.99 Å². The third kappa shape index (κ3) is 6.31. The molecule has 0 unspecified atom stereocenters. The molecule has 1 aliphatic heterocycles. The van der Waals surface area contributed by atoms with E-state index in [1.165, 1.54) is 6.07 Å². The maximum Gasteiger partial charge on any atom is 0.437 e. The predicted octanol–water partition coefficient (Wildman–Crippen LogP) is 1.20. The Morgan fingerprint density at radius 1 is 1.31 bits per heavy atom. The number of rotatable bonds is 7. The van der Waals surface area contributed by atoms with E-state index in [1.807, 2.05) is 4.90 Å². The number of piperidine rings is 1. The first-order chi connectivity index (χ1) is 13.8. The molecule has 0 atom stereocenters. The Bertz CT molecular complexity index is 746. The van der Waals surface area contributed by atoms with Crippen molar-refractivity contribution in [1.82, 2.24) is 4.90 Å². The first kappa shape index (κ1) is 22.4. The Morgan fingerprint density at radius 3 is 2.62 bits per heavy atom. The van der Waals surface area contributed by atoms with Crippen molar-refractivity contribution in [2.75, 3.05) is 38.8 Å². The van der Waals surface area contributed by atoms with Gasteiger partial charge in [0.05, 0.1) is 18.7 Å². The van der Waals surface area contributed by atoms with Gasteiger partial charge in [-0.05, 0) is 18.9 Å². The fraction of sp³-hybridized carbons (Fsp3) is 0.526. The lowest BCUT2D eigenvalue weighted by atomic mass is 10.0. The molecule has 2 rings (SSSR count). The summed E-state index contributed by atoms with van der Waals surface area (Å²) in [7, 11) is 3.36. The van der Waals surface area contributed by atoms with Gasteiger partial charge in [0.15, 0.2) is 11.8 Å². The normalized spacial score (nSPS) is 14.4. The van der Waals surface area contributed by atoms with Crippen LogP contribution >= 0.6 is 0 Å². The smallest absolute Gasteiger partial charge is 0.437 e. The number of methoxy groups -OCH3 is 1. The van der Waals surface area contributed by atoms with Crippen molar-refractivity contribution in [3.05, 3.63) is 29.6 Å². The summed E-state index contributed by atoms with van der Waals surface area (Å²) < 4.78 is 24.7. The Kier molecular flexibility index (Phi) is 8.20. The number of nitrogens with zero attached hydrogens (tertiary/aromatic N) is 3. The van der Waals surface area contributed by atoms with Crippen molar-refractivity contribution in [2.45, 2.75) is 31.9 Å². The second-order valence-corrected chi connectivity index (χ2v) is 6.81. The first-order valence-electron chi connectivity index (χ1n) is 9.36. The Balaban J connectivity index is 1.96. The summed E-state index contributed by atoms with van der Waals surface area (Å²) in [5.41, 5.74) is 10.9. The van der Waals surface area contributed by atoms with E-state index in [-0.39, 0.29) is 24.1 Å². The van der Waals surface area contributed by atoms with E-state index in [9.17, 15) is 14.0 Å². The molecule has 160 valence electrons. The number of halogens is 1. The van der Waals surface area contributed by atoms with Crippen LogP contribution in [0.2, 0.25) is 0 Å². The van der Waals surface area contributed by atoms with Crippen LogP contribution in [0.15, 0.2) is 23.2 Å². The van der Waals surface area contributed by atoms with Gasteiger partial charge in [-0.15, -0.1) is 4.99 Å². The van der Waals surface area contributed by atoms with E-state index < -0.39 is 17.9 Å². The van der Waals surface area contributed by atoms with Gasteiger partial charge in [-0.2, -0.15) is 0 Å². The molecule has 0 radical (unpaired) electrons. The monoisotopic (exact) mass is 409 g/mol. The summed E-state index contributed by atoms with van der Waals surface area (Å²) in [5.74, 6) is -0.827. The molecule has 29 heavy (non-hydrogen) atoms. The maximum atomic E-state index is 14.9. The highest BCUT2D eigenvalue weighted by Crippen LogP contribution is 2.27. The number of hydrogen-bond acceptors (Lipinski definition) is 5. The summed E-state index contributed by atoms with van der Waals surface area (Å²) in [6.45, 7) is 1.34. The molecule has 0 aliphatic carbocycles. The highest BCUT2D eigenvalue weighted by Gasteiger charge is 2.26. The lowest BCUT2D eigenvalue weighted by Gasteiger charge is -2.38. The van der Waals surface area contributed by atoms with Crippen LogP contribution in [-0.2, 0) is 20.9 Å². The second-order valence-electron chi connectivity index (χ2n) is 6.81. The number of anilines is 1. The number of nitrogens with two attached hydrogens (primary N) is 2. The topological polar surface area (TPSA) is 123 Å². The van der Waals surface area contributed by atoms with Crippen LogP contribution in [0.4, 0.5) is 14.9 Å². The predicted molar refractivity (Wildman–Crippen MR) is 107 cm³/mol. The van der Waals surface area contributed by atoms with Crippen LogP contribution in [0.3, 0.4) is 0 Å². The average molecular weight is 409 g/mol. The van der Waals surface area contributed by atoms with Crippen LogP contribution in [0.25, 0.3) is 0 Å². The molecule has 0 spiro atoms. The third-order valence-electron chi connectivity index (χ3n) is 4.90. The first-order valence-corrected chi connectivity index (χ1v) is 9.36. The fourth-order valence-electron chi connectivity index (χ4n) is 3.26. The number of carbonyl (C=O) groups excluding carboxylic acids is 2. The van der Waals surface area contributed by atoms with E-state index in [1.54, 1.807) is 31.2 Å². The zero-order valence-electron chi connectivity index (χ0n) is 16.8. The van der Waals surface area contributed by atoms with Crippen molar-refractivity contribution in [2.24, 2.45) is 16.5 Å². The molecule has 1 aliphatic rings. The SMILES string of the molecule is COCCC(=O)N(C)C1CCN(c2cccc(COC(=O)N=C(N)N)c2F)CC1. The molecule has 0 aromatic heterocycles. The van der Waals surface area contributed by atoms with Gasteiger partial charge < -0.3 is 30.7 Å². The number of hydrogen-bond donors (Lipinski definition) is 2. The number of aliphatic imine (C=N–C) groups is 1. The standard InChI is InChI=1S/C19H28FN5O4/c1-24(16(26)8-11-28-2)14-6-9-25(10-7-14)15-5-3-4-13(17(15)20)12-29-19(27)23-18(21)22/h3-5,14H,6-12H2,1-2H3,(H4,21,22,23,27). The van der Waals surface area contributed by atoms with Gasteiger partial charge in [0.1, 0.15) is 6.61 Å². The summed E-state index contributed by atoms with van der Waals surface area (Å²) >= 11 is 0. The van der Waals surface area contributed by atoms with E-state index in [0.29, 0.717) is 31.8 Å². The van der Waals surface area contributed by atoms with Crippen LogP contribution in [0.5, 0.6) is 0 Å². The highest BCUT2D eigenvalue weighted by molar-refractivity contribution is 5.87. The number of amides is 2. The molecular formula is C19H28FN5O4. The van der Waals surface area contributed by atoms with Crippen molar-refractivity contribution in [1.29, 1.82) is 0 Å². The lowest BCUT2D eigenvalue weighted by molar-refractivity contribution is -0.133. The number of ether oxygens (including phenoxy) is 2. The molecule has 1 saturated heterocycles. The molecule has 1 heterocycles. The van der Waals surface area contributed by atoms with Gasteiger partial charge in [0.25, 0.3) is 0 Å². The molecule has 10 heteroatoms. The molecule has 1 aromatic rings. The summed E-state index contributed by atoms with van der Waals surface area (Å²) in [6, 6.07) is 5.04. The van der Waals surface area contributed by atoms with E-state index in [4.69, 9.17) is 20.9 Å². The number of benzene rings is 1. The summed E-state index contributed by atoms with van der Waals surface area (Å²) in [5, 5.41) is 0. The average Bonchev–Trinajstić information content (AvgIpc) is 2.70. The fourth-order valence-corrected chi connectivity index (χ4v) is 3.26. The largest absolute Gasteiger partial charge is 0.443 e. The number of carbonyl (C=O) groups is 2. The second kappa shape index (κ2) is 10.6. The Labute approximate surface area is 169 Å². The van der Waals surface area contributed by atoms with Gasteiger partial charge >= 0.3 is 6.09 Å².